The molecule has 0 aliphatic rings. The van der Waals surface area contributed by atoms with E-state index < -0.39 is 10.1 Å². The van der Waals surface area contributed by atoms with Gasteiger partial charge in [0.1, 0.15) is 10.6 Å². The lowest BCUT2D eigenvalue weighted by Gasteiger charge is -2.08. The van der Waals surface area contributed by atoms with Gasteiger partial charge < -0.3 is 4.18 Å². The van der Waals surface area contributed by atoms with Crippen LogP contribution in [0.4, 0.5) is 0 Å². The highest BCUT2D eigenvalue weighted by Crippen LogP contribution is 2.19. The van der Waals surface area contributed by atoms with Crippen LogP contribution < -0.4 is 4.18 Å². The summed E-state index contributed by atoms with van der Waals surface area (Å²) in [5.74, 6) is 0.327. The van der Waals surface area contributed by atoms with Crippen molar-refractivity contribution in [3.8, 4) is 5.75 Å². The Morgan fingerprint density at radius 2 is 1.42 bits per heavy atom. The van der Waals surface area contributed by atoms with E-state index in [1.54, 1.807) is 36.4 Å². The Hall–Kier alpha value is -1.81. The van der Waals surface area contributed by atoms with Crippen molar-refractivity contribution in [2.75, 3.05) is 0 Å². The Morgan fingerprint density at radius 3 is 2.08 bits per heavy atom. The van der Waals surface area contributed by atoms with Gasteiger partial charge in [-0.1, -0.05) is 69.4 Å². The van der Waals surface area contributed by atoms with Gasteiger partial charge in [-0.25, -0.2) is 0 Å². The fourth-order valence-corrected chi connectivity index (χ4v) is 3.51. The molecule has 0 N–H and O–H groups in total. The molecule has 0 aliphatic carbocycles. The van der Waals surface area contributed by atoms with E-state index in [1.165, 1.54) is 37.7 Å². The van der Waals surface area contributed by atoms with Gasteiger partial charge in [-0.2, -0.15) is 8.42 Å². The van der Waals surface area contributed by atoms with Crippen molar-refractivity contribution in [1.82, 2.24) is 0 Å². The van der Waals surface area contributed by atoms with Crippen LogP contribution in [0.25, 0.3) is 0 Å². The number of rotatable bonds is 10. The normalized spacial score (nSPS) is 11.4. The quantitative estimate of drug-likeness (QED) is 0.430. The van der Waals surface area contributed by atoms with Crippen LogP contribution in [0, 0.1) is 0 Å². The van der Waals surface area contributed by atoms with Gasteiger partial charge in [-0.3, -0.25) is 0 Å². The van der Waals surface area contributed by atoms with Crippen LogP contribution in [0.2, 0.25) is 0 Å². The van der Waals surface area contributed by atoms with Crippen molar-refractivity contribution in [3.63, 3.8) is 0 Å². The zero-order chi connectivity index (χ0) is 17.3. The van der Waals surface area contributed by atoms with E-state index in [0.717, 1.165) is 12.8 Å². The topological polar surface area (TPSA) is 43.4 Å². The third-order valence-electron chi connectivity index (χ3n) is 3.98. The largest absolute Gasteiger partial charge is 0.379 e. The Balaban J connectivity index is 1.86. The molecular weight excluding hydrogens is 320 g/mol. The smallest absolute Gasteiger partial charge is 0.339 e. The standard InChI is InChI=1S/C20H26O3S/c1-2-3-4-5-6-8-11-18-14-16-20(17-15-18)24(21,22)23-19-12-9-7-10-13-19/h7,9-10,12-17H,2-6,8,11H2,1H3. The maximum absolute atomic E-state index is 12.3. The first kappa shape index (κ1) is 18.5. The molecule has 0 amide bonds. The fourth-order valence-electron chi connectivity index (χ4n) is 2.58. The van der Waals surface area contributed by atoms with E-state index in [4.69, 9.17) is 4.18 Å². The van der Waals surface area contributed by atoms with Gasteiger partial charge in [0, 0.05) is 0 Å². The molecule has 0 saturated carbocycles. The molecule has 4 heteroatoms. The molecule has 0 aromatic heterocycles. The molecule has 0 aliphatic heterocycles. The molecule has 0 saturated heterocycles. The molecule has 2 aromatic rings. The SMILES string of the molecule is CCCCCCCCc1ccc(S(=O)(=O)Oc2ccccc2)cc1. The number of aryl methyl sites for hydroxylation is 1. The Bertz CT molecular complexity index is 691. The summed E-state index contributed by atoms with van der Waals surface area (Å²) in [7, 11) is -3.77. The highest BCUT2D eigenvalue weighted by molar-refractivity contribution is 7.87. The zero-order valence-corrected chi connectivity index (χ0v) is 15.1. The lowest BCUT2D eigenvalue weighted by atomic mass is 10.1. The molecule has 0 radical (unpaired) electrons. The van der Waals surface area contributed by atoms with Gasteiger partial charge >= 0.3 is 10.1 Å². The van der Waals surface area contributed by atoms with E-state index in [1.807, 2.05) is 18.2 Å². The summed E-state index contributed by atoms with van der Waals surface area (Å²) in [5.41, 5.74) is 1.17. The minimum atomic E-state index is -3.77. The first-order valence-electron chi connectivity index (χ1n) is 8.70. The van der Waals surface area contributed by atoms with Crippen molar-refractivity contribution in [3.05, 3.63) is 60.2 Å². The molecular formula is C20H26O3S. The summed E-state index contributed by atoms with van der Waals surface area (Å²) in [6, 6.07) is 15.6. The minimum Gasteiger partial charge on any atom is -0.379 e. The van der Waals surface area contributed by atoms with Crippen LogP contribution in [-0.4, -0.2) is 8.42 Å². The zero-order valence-electron chi connectivity index (χ0n) is 14.3. The maximum atomic E-state index is 12.3. The van der Waals surface area contributed by atoms with Gasteiger partial charge in [0.15, 0.2) is 0 Å². The number of para-hydroxylation sites is 1. The molecule has 2 aromatic carbocycles. The molecule has 0 heterocycles. The molecule has 0 atom stereocenters. The highest BCUT2D eigenvalue weighted by Gasteiger charge is 2.16. The number of hydrogen-bond acceptors (Lipinski definition) is 3. The van der Waals surface area contributed by atoms with Crippen LogP contribution in [0.5, 0.6) is 5.75 Å². The van der Waals surface area contributed by atoms with Crippen molar-refractivity contribution in [2.24, 2.45) is 0 Å². The fraction of sp³-hybridized carbons (Fsp3) is 0.400. The number of hydrogen-bond donors (Lipinski definition) is 0. The van der Waals surface area contributed by atoms with E-state index in [-0.39, 0.29) is 4.90 Å². The summed E-state index contributed by atoms with van der Waals surface area (Å²) in [6.45, 7) is 2.22. The van der Waals surface area contributed by atoms with Crippen LogP contribution >= 0.6 is 0 Å². The molecule has 0 bridgehead atoms. The highest BCUT2D eigenvalue weighted by atomic mass is 32.2. The summed E-state index contributed by atoms with van der Waals surface area (Å²) in [4.78, 5) is 0.193. The van der Waals surface area contributed by atoms with Crippen molar-refractivity contribution >= 4 is 10.1 Å². The Kier molecular flexibility index (Phi) is 7.32. The van der Waals surface area contributed by atoms with E-state index in [2.05, 4.69) is 6.92 Å². The van der Waals surface area contributed by atoms with E-state index >= 15 is 0 Å². The van der Waals surface area contributed by atoms with Gasteiger partial charge in [0.05, 0.1) is 0 Å². The van der Waals surface area contributed by atoms with Crippen molar-refractivity contribution < 1.29 is 12.6 Å². The van der Waals surface area contributed by atoms with Crippen LogP contribution in [0.15, 0.2) is 59.5 Å². The lowest BCUT2D eigenvalue weighted by molar-refractivity contribution is 0.486. The minimum absolute atomic E-state index is 0.193. The second-order valence-electron chi connectivity index (χ2n) is 6.01. The summed E-state index contributed by atoms with van der Waals surface area (Å²) < 4.78 is 29.6. The van der Waals surface area contributed by atoms with Crippen LogP contribution in [0.3, 0.4) is 0 Å². The second-order valence-corrected chi connectivity index (χ2v) is 7.56. The molecule has 3 nitrogen and oxygen atoms in total. The third kappa shape index (κ3) is 6.00. The average molecular weight is 346 g/mol. The summed E-state index contributed by atoms with van der Waals surface area (Å²) in [5, 5.41) is 0. The monoisotopic (exact) mass is 346 g/mol. The van der Waals surface area contributed by atoms with Gasteiger partial charge in [-0.05, 0) is 42.7 Å². The number of benzene rings is 2. The summed E-state index contributed by atoms with van der Waals surface area (Å²) in [6.07, 6.45) is 8.55. The summed E-state index contributed by atoms with van der Waals surface area (Å²) >= 11 is 0. The maximum Gasteiger partial charge on any atom is 0.339 e. The van der Waals surface area contributed by atoms with Gasteiger partial charge in [0.2, 0.25) is 0 Å². The Labute approximate surface area is 145 Å². The number of unbranched alkanes of at least 4 members (excludes halogenated alkanes) is 5. The first-order valence-corrected chi connectivity index (χ1v) is 10.1. The van der Waals surface area contributed by atoms with Crippen molar-refractivity contribution in [1.29, 1.82) is 0 Å². The van der Waals surface area contributed by atoms with Gasteiger partial charge in [0.25, 0.3) is 0 Å². The van der Waals surface area contributed by atoms with Crippen LogP contribution in [0.1, 0.15) is 51.0 Å². The van der Waals surface area contributed by atoms with Crippen molar-refractivity contribution in [2.45, 2.75) is 56.8 Å². The molecule has 130 valence electrons. The molecule has 0 spiro atoms. The van der Waals surface area contributed by atoms with E-state index in [9.17, 15) is 8.42 Å². The van der Waals surface area contributed by atoms with Gasteiger partial charge in [-0.15, -0.1) is 0 Å². The van der Waals surface area contributed by atoms with Crippen LogP contribution in [-0.2, 0) is 16.5 Å². The molecule has 2 rings (SSSR count). The second kappa shape index (κ2) is 9.48. The lowest BCUT2D eigenvalue weighted by Crippen LogP contribution is -2.09. The molecule has 0 unspecified atom stereocenters. The molecule has 0 fully saturated rings. The third-order valence-corrected chi connectivity index (χ3v) is 5.24. The first-order chi connectivity index (χ1) is 11.6. The van der Waals surface area contributed by atoms with E-state index in [0.29, 0.717) is 5.75 Å². The average Bonchev–Trinajstić information content (AvgIpc) is 2.59. The predicted octanol–water partition coefficient (Wildman–Crippen LogP) is 5.36. The Morgan fingerprint density at radius 1 is 0.792 bits per heavy atom. The predicted molar refractivity (Wildman–Crippen MR) is 97.8 cm³/mol. The molecule has 24 heavy (non-hydrogen) atoms.